The average molecular weight is 744 g/mol. The van der Waals surface area contributed by atoms with Crippen molar-refractivity contribution in [2.24, 2.45) is 0 Å². The molecule has 0 bridgehead atoms. The molecule has 0 atom stereocenters. The molecule has 0 radical (unpaired) electrons. The van der Waals surface area contributed by atoms with E-state index in [1.807, 2.05) is 17.9 Å². The number of amides is 3. The second-order valence-electron chi connectivity index (χ2n) is 12.2. The van der Waals surface area contributed by atoms with Crippen molar-refractivity contribution in [3.63, 3.8) is 0 Å². The largest absolute Gasteiger partial charge is 0.416 e. The second kappa shape index (κ2) is 15.2. The van der Waals surface area contributed by atoms with E-state index in [9.17, 15) is 36.7 Å². The maximum Gasteiger partial charge on any atom is 0.416 e. The lowest BCUT2D eigenvalue weighted by Crippen LogP contribution is -2.52. The topological polar surface area (TPSA) is 130 Å². The molecule has 3 amide bonds. The maximum absolute atomic E-state index is 14.2. The van der Waals surface area contributed by atoms with Crippen LogP contribution >= 0.6 is 11.6 Å². The Balaban J connectivity index is 1.26. The fraction of sp³-hybridized carbons (Fsp3) is 0.343. The molecule has 1 fully saturated rings. The number of carbonyl (C=O) groups is 3. The van der Waals surface area contributed by atoms with Gasteiger partial charge in [0.1, 0.15) is 23.7 Å². The van der Waals surface area contributed by atoms with Gasteiger partial charge in [0, 0.05) is 37.9 Å². The standard InChI is InChI=1S/C35H34ClF4N7O5/c1-2-28-32(45-13-11-44(12-14-45)31(49)19-41-33(50)23-5-3-4-6-25(23)37)34(51)47-30(18-27(43-47)21-9-15-52-16-10-21)46(28)20-29(48)42-26-8-7-22(17-24(26)36)35(38,39)40/h3-9,17-18H,2,10-16,19-20H2,1H3,(H,41,50)(H,42,48). The third-order valence-electron chi connectivity index (χ3n) is 8.93. The van der Waals surface area contributed by atoms with Crippen molar-refractivity contribution in [2.75, 3.05) is 56.2 Å². The summed E-state index contributed by atoms with van der Waals surface area (Å²) in [5, 5.41) is 9.37. The molecule has 4 heterocycles. The van der Waals surface area contributed by atoms with Crippen LogP contribution in [0.15, 0.2) is 59.4 Å². The molecule has 4 aromatic rings. The molecule has 2 aromatic heterocycles. The molecule has 0 aliphatic carbocycles. The highest BCUT2D eigenvalue weighted by molar-refractivity contribution is 6.33. The molecule has 1 saturated heterocycles. The Bertz CT molecular complexity index is 2120. The Kier molecular flexibility index (Phi) is 10.7. The maximum atomic E-state index is 14.2. The minimum atomic E-state index is -4.61. The van der Waals surface area contributed by atoms with Crippen molar-refractivity contribution in [3.05, 3.63) is 98.3 Å². The Morgan fingerprint density at radius 1 is 1.04 bits per heavy atom. The van der Waals surface area contributed by atoms with Crippen LogP contribution in [0.25, 0.3) is 11.2 Å². The summed E-state index contributed by atoms with van der Waals surface area (Å²) in [6, 6.07) is 9.79. The van der Waals surface area contributed by atoms with Crippen molar-refractivity contribution >= 4 is 51.9 Å². The first-order valence-electron chi connectivity index (χ1n) is 16.5. The summed E-state index contributed by atoms with van der Waals surface area (Å²) in [6.45, 7) is 2.90. The van der Waals surface area contributed by atoms with Crippen LogP contribution in [-0.4, -0.2) is 82.7 Å². The number of hydrogen-bond acceptors (Lipinski definition) is 7. The van der Waals surface area contributed by atoms with Gasteiger partial charge in [-0.1, -0.05) is 36.7 Å². The zero-order chi connectivity index (χ0) is 37.2. The smallest absolute Gasteiger partial charge is 0.377 e. The molecular formula is C35H34ClF4N7O5. The van der Waals surface area contributed by atoms with Crippen LogP contribution in [0.4, 0.5) is 28.9 Å². The van der Waals surface area contributed by atoms with Gasteiger partial charge < -0.3 is 29.7 Å². The first kappa shape index (κ1) is 36.6. The average Bonchev–Trinajstić information content (AvgIpc) is 3.59. The van der Waals surface area contributed by atoms with Crippen LogP contribution in [0.2, 0.25) is 5.02 Å². The number of hydrogen-bond donors (Lipinski definition) is 2. The lowest BCUT2D eigenvalue weighted by Gasteiger charge is -2.37. The van der Waals surface area contributed by atoms with Crippen LogP contribution in [-0.2, 0) is 33.5 Å². The van der Waals surface area contributed by atoms with Crippen molar-refractivity contribution in [1.29, 1.82) is 0 Å². The van der Waals surface area contributed by atoms with E-state index in [4.69, 9.17) is 16.3 Å². The van der Waals surface area contributed by atoms with Crippen molar-refractivity contribution in [3.8, 4) is 0 Å². The first-order chi connectivity index (χ1) is 24.8. The Morgan fingerprint density at radius 2 is 1.79 bits per heavy atom. The van der Waals surface area contributed by atoms with Gasteiger partial charge in [-0.05, 0) is 48.7 Å². The first-order valence-corrected chi connectivity index (χ1v) is 16.9. The van der Waals surface area contributed by atoms with Crippen LogP contribution in [0, 0.1) is 5.82 Å². The van der Waals surface area contributed by atoms with Crippen molar-refractivity contribution < 1.29 is 36.7 Å². The number of anilines is 2. The van der Waals surface area contributed by atoms with Crippen molar-refractivity contribution in [1.82, 2.24) is 24.4 Å². The fourth-order valence-corrected chi connectivity index (χ4v) is 6.51. The van der Waals surface area contributed by atoms with E-state index >= 15 is 0 Å². The van der Waals surface area contributed by atoms with E-state index in [-0.39, 0.29) is 67.1 Å². The molecular weight excluding hydrogens is 710 g/mol. The summed E-state index contributed by atoms with van der Waals surface area (Å²) in [6.07, 6.45) is -1.86. The van der Waals surface area contributed by atoms with Gasteiger partial charge in [-0.3, -0.25) is 19.2 Å². The van der Waals surface area contributed by atoms with Gasteiger partial charge in [-0.15, -0.1) is 0 Å². The number of aromatic nitrogens is 3. The van der Waals surface area contributed by atoms with E-state index < -0.39 is 34.9 Å². The molecule has 6 rings (SSSR count). The third kappa shape index (κ3) is 7.67. The molecule has 2 N–H and O–H groups in total. The Labute approximate surface area is 299 Å². The minimum Gasteiger partial charge on any atom is -0.377 e. The van der Waals surface area contributed by atoms with E-state index in [1.54, 1.807) is 10.6 Å². The van der Waals surface area contributed by atoms with Gasteiger partial charge in [0.2, 0.25) is 11.8 Å². The molecule has 0 spiro atoms. The predicted octanol–water partition coefficient (Wildman–Crippen LogP) is 4.39. The van der Waals surface area contributed by atoms with E-state index in [2.05, 4.69) is 15.7 Å². The number of rotatable bonds is 9. The number of ether oxygens (including phenoxy) is 1. The summed E-state index contributed by atoms with van der Waals surface area (Å²) >= 11 is 6.11. The summed E-state index contributed by atoms with van der Waals surface area (Å²) in [4.78, 5) is 56.4. The van der Waals surface area contributed by atoms with Gasteiger partial charge in [-0.2, -0.15) is 22.8 Å². The number of piperazine rings is 1. The van der Waals surface area contributed by atoms with Crippen LogP contribution in [0.5, 0.6) is 0 Å². The van der Waals surface area contributed by atoms with E-state index in [0.29, 0.717) is 43.1 Å². The molecule has 2 aliphatic rings. The number of nitrogens with one attached hydrogen (secondary N) is 2. The quantitative estimate of drug-likeness (QED) is 0.244. The molecule has 0 unspecified atom stereocenters. The Hall–Kier alpha value is -5.22. The molecule has 2 aromatic carbocycles. The number of nitrogens with zero attached hydrogens (tertiary/aromatic N) is 5. The zero-order valence-electron chi connectivity index (χ0n) is 27.9. The normalized spacial score (nSPS) is 15.1. The van der Waals surface area contributed by atoms with Gasteiger partial charge in [-0.25, -0.2) is 4.39 Å². The lowest BCUT2D eigenvalue weighted by molar-refractivity contribution is -0.137. The molecule has 52 heavy (non-hydrogen) atoms. The van der Waals surface area contributed by atoms with Gasteiger partial charge in [0.15, 0.2) is 0 Å². The fourth-order valence-electron chi connectivity index (χ4n) is 6.29. The molecule has 2 aliphatic heterocycles. The highest BCUT2D eigenvalue weighted by atomic mass is 35.5. The number of halogens is 5. The number of benzene rings is 2. The molecule has 0 saturated carbocycles. The molecule has 17 heteroatoms. The molecule has 12 nitrogen and oxygen atoms in total. The van der Waals surface area contributed by atoms with Crippen molar-refractivity contribution in [2.45, 2.75) is 32.5 Å². The van der Waals surface area contributed by atoms with Gasteiger partial charge in [0.25, 0.3) is 11.5 Å². The highest BCUT2D eigenvalue weighted by Gasteiger charge is 2.32. The van der Waals surface area contributed by atoms with E-state index in [1.165, 1.54) is 27.6 Å². The predicted molar refractivity (Wildman–Crippen MR) is 185 cm³/mol. The second-order valence-corrected chi connectivity index (χ2v) is 12.6. The number of fused-ring (bicyclic) bond motifs is 1. The van der Waals surface area contributed by atoms with Crippen LogP contribution < -0.4 is 21.1 Å². The summed E-state index contributed by atoms with van der Waals surface area (Å²) in [5.74, 6) is -2.40. The third-order valence-corrected chi connectivity index (χ3v) is 9.24. The van der Waals surface area contributed by atoms with Crippen LogP contribution in [0.3, 0.4) is 0 Å². The van der Waals surface area contributed by atoms with Crippen LogP contribution in [0.1, 0.15) is 40.7 Å². The summed E-state index contributed by atoms with van der Waals surface area (Å²) in [5.41, 5.74) is 0.960. The number of alkyl halides is 3. The molecule has 274 valence electrons. The minimum absolute atomic E-state index is 0.0116. The Morgan fingerprint density at radius 3 is 2.44 bits per heavy atom. The van der Waals surface area contributed by atoms with E-state index in [0.717, 1.165) is 29.8 Å². The van der Waals surface area contributed by atoms with Gasteiger partial charge in [0.05, 0.1) is 47.3 Å². The summed E-state index contributed by atoms with van der Waals surface area (Å²) < 4.78 is 61.9. The lowest BCUT2D eigenvalue weighted by atomic mass is 10.1. The monoisotopic (exact) mass is 743 g/mol. The van der Waals surface area contributed by atoms with Gasteiger partial charge >= 0.3 is 6.18 Å². The number of carbonyl (C=O) groups excluding carboxylic acids is 3. The summed E-state index contributed by atoms with van der Waals surface area (Å²) in [7, 11) is 0. The SMILES string of the molecule is CCc1c(N2CCN(C(=O)CNC(=O)c3ccccc3F)CC2)c(=O)n2nc(C3=CCOCC3)cc2n1CC(=O)Nc1ccc(C(F)(F)F)cc1Cl. The highest BCUT2D eigenvalue weighted by Crippen LogP contribution is 2.34. The zero-order valence-corrected chi connectivity index (χ0v) is 28.7.